The Hall–Kier alpha value is -1.60. The van der Waals surface area contributed by atoms with E-state index in [9.17, 15) is 9.59 Å². The fourth-order valence-corrected chi connectivity index (χ4v) is 2.00. The molecule has 0 bridgehead atoms. The minimum Gasteiger partial charge on any atom is -0.368 e. The Morgan fingerprint density at radius 2 is 2.41 bits per heavy atom. The molecule has 1 fully saturated rings. The van der Waals surface area contributed by atoms with Crippen LogP contribution in [0.4, 0.5) is 5.82 Å². The average molecular weight is 258 g/mol. The zero-order valence-electron chi connectivity index (χ0n) is 8.94. The van der Waals surface area contributed by atoms with E-state index in [0.29, 0.717) is 25.5 Å². The van der Waals surface area contributed by atoms with Gasteiger partial charge < -0.3 is 20.9 Å². The number of rotatable bonds is 2. The summed E-state index contributed by atoms with van der Waals surface area (Å²) in [7, 11) is 0. The van der Waals surface area contributed by atoms with E-state index >= 15 is 0 Å². The van der Waals surface area contributed by atoms with Gasteiger partial charge in [-0.2, -0.15) is 0 Å². The van der Waals surface area contributed by atoms with Gasteiger partial charge in [0, 0.05) is 19.6 Å². The van der Waals surface area contributed by atoms with Crippen LogP contribution in [0.1, 0.15) is 0 Å². The van der Waals surface area contributed by atoms with Crippen molar-refractivity contribution in [3.05, 3.63) is 21.7 Å². The Balaban J connectivity index is 2.39. The Bertz CT molecular complexity index is 489. The number of anilines is 1. The van der Waals surface area contributed by atoms with Crippen molar-refractivity contribution in [2.75, 3.05) is 24.5 Å². The maximum atomic E-state index is 11.4. The number of carbonyl (C=O) groups excluding carboxylic acids is 1. The molecular formula is C9H12ClN5O2. The molecule has 0 spiro atoms. The number of carbonyl (C=O) groups is 1. The van der Waals surface area contributed by atoms with Gasteiger partial charge >= 0.3 is 0 Å². The van der Waals surface area contributed by atoms with Crippen molar-refractivity contribution in [2.45, 2.75) is 6.04 Å². The molecule has 2 rings (SSSR count). The van der Waals surface area contributed by atoms with Crippen LogP contribution in [0.25, 0.3) is 0 Å². The number of H-pyrrole nitrogens is 1. The molecule has 1 saturated heterocycles. The van der Waals surface area contributed by atoms with Crippen LogP contribution < -0.4 is 21.5 Å². The second-order valence-corrected chi connectivity index (χ2v) is 4.06. The molecule has 1 aliphatic heterocycles. The zero-order chi connectivity index (χ0) is 12.4. The number of hydrogen-bond acceptors (Lipinski definition) is 5. The molecule has 0 radical (unpaired) electrons. The quantitative estimate of drug-likeness (QED) is 0.610. The molecule has 1 atom stereocenters. The lowest BCUT2D eigenvalue weighted by Crippen LogP contribution is -2.57. The topological polar surface area (TPSA) is 104 Å². The molecule has 1 unspecified atom stereocenters. The van der Waals surface area contributed by atoms with E-state index < -0.39 is 17.5 Å². The van der Waals surface area contributed by atoms with Gasteiger partial charge in [0.05, 0.1) is 6.33 Å². The van der Waals surface area contributed by atoms with Crippen molar-refractivity contribution >= 4 is 23.3 Å². The monoisotopic (exact) mass is 257 g/mol. The summed E-state index contributed by atoms with van der Waals surface area (Å²) in [6.07, 6.45) is 1.25. The SMILES string of the molecule is NC(=O)C1CNCCN1c1nc[nH]c(=O)c1Cl. The van der Waals surface area contributed by atoms with Gasteiger partial charge in [0.2, 0.25) is 5.91 Å². The molecule has 1 aliphatic rings. The fourth-order valence-electron chi connectivity index (χ4n) is 1.79. The van der Waals surface area contributed by atoms with E-state index in [0.717, 1.165) is 0 Å². The summed E-state index contributed by atoms with van der Waals surface area (Å²) in [4.78, 5) is 30.7. The van der Waals surface area contributed by atoms with Crippen LogP contribution in [-0.4, -0.2) is 41.6 Å². The van der Waals surface area contributed by atoms with Crippen LogP contribution in [0.15, 0.2) is 11.1 Å². The number of amides is 1. The molecular weight excluding hydrogens is 246 g/mol. The van der Waals surface area contributed by atoms with E-state index in [1.165, 1.54) is 6.33 Å². The highest BCUT2D eigenvalue weighted by molar-refractivity contribution is 6.32. The largest absolute Gasteiger partial charge is 0.368 e. The maximum Gasteiger partial charge on any atom is 0.271 e. The summed E-state index contributed by atoms with van der Waals surface area (Å²) in [6, 6.07) is -0.546. The van der Waals surface area contributed by atoms with Gasteiger partial charge in [-0.1, -0.05) is 11.6 Å². The number of primary amides is 1. The third kappa shape index (κ3) is 2.25. The maximum absolute atomic E-state index is 11.4. The Morgan fingerprint density at radius 3 is 3.12 bits per heavy atom. The molecule has 7 nitrogen and oxygen atoms in total. The Kier molecular flexibility index (Phi) is 3.30. The number of nitrogens with one attached hydrogen (secondary N) is 2. The summed E-state index contributed by atoms with van der Waals surface area (Å²) in [5, 5.41) is 3.02. The summed E-state index contributed by atoms with van der Waals surface area (Å²) in [5.74, 6) is -0.184. The molecule has 1 aromatic rings. The van der Waals surface area contributed by atoms with Crippen molar-refractivity contribution in [3.8, 4) is 0 Å². The predicted octanol–water partition coefficient (Wildman–Crippen LogP) is -1.31. The molecule has 2 heterocycles. The molecule has 0 aromatic carbocycles. The molecule has 1 amide bonds. The first-order valence-electron chi connectivity index (χ1n) is 5.11. The second kappa shape index (κ2) is 4.72. The van der Waals surface area contributed by atoms with Crippen molar-refractivity contribution in [1.82, 2.24) is 15.3 Å². The molecule has 8 heteroatoms. The smallest absolute Gasteiger partial charge is 0.271 e. The summed E-state index contributed by atoms with van der Waals surface area (Å²) in [6.45, 7) is 1.61. The van der Waals surface area contributed by atoms with Gasteiger partial charge in [0.1, 0.15) is 11.1 Å². The van der Waals surface area contributed by atoms with Crippen LogP contribution in [0.5, 0.6) is 0 Å². The van der Waals surface area contributed by atoms with Gasteiger partial charge in [0.15, 0.2) is 5.82 Å². The minimum absolute atomic E-state index is 0.0272. The lowest BCUT2D eigenvalue weighted by atomic mass is 10.2. The highest BCUT2D eigenvalue weighted by Gasteiger charge is 2.29. The summed E-state index contributed by atoms with van der Waals surface area (Å²) in [5.41, 5.74) is 4.87. The molecule has 17 heavy (non-hydrogen) atoms. The number of piperazine rings is 1. The van der Waals surface area contributed by atoms with Crippen LogP contribution in [0.2, 0.25) is 5.02 Å². The van der Waals surface area contributed by atoms with E-state index in [1.807, 2.05) is 0 Å². The second-order valence-electron chi connectivity index (χ2n) is 3.68. The van der Waals surface area contributed by atoms with E-state index in [4.69, 9.17) is 17.3 Å². The van der Waals surface area contributed by atoms with Crippen LogP contribution in [0.3, 0.4) is 0 Å². The van der Waals surface area contributed by atoms with Gasteiger partial charge in [0.25, 0.3) is 5.56 Å². The van der Waals surface area contributed by atoms with Crippen molar-refractivity contribution in [3.63, 3.8) is 0 Å². The highest BCUT2D eigenvalue weighted by Crippen LogP contribution is 2.21. The van der Waals surface area contributed by atoms with Crippen molar-refractivity contribution in [2.24, 2.45) is 5.73 Å². The Morgan fingerprint density at radius 1 is 1.65 bits per heavy atom. The highest BCUT2D eigenvalue weighted by atomic mass is 35.5. The normalized spacial score (nSPS) is 20.3. The number of aromatic nitrogens is 2. The number of aromatic amines is 1. The summed E-state index contributed by atoms with van der Waals surface area (Å²) >= 11 is 5.88. The lowest BCUT2D eigenvalue weighted by Gasteiger charge is -2.35. The molecule has 4 N–H and O–H groups in total. The minimum atomic E-state index is -0.546. The Labute approximate surface area is 102 Å². The average Bonchev–Trinajstić information content (AvgIpc) is 2.33. The van der Waals surface area contributed by atoms with Gasteiger partial charge in [-0.15, -0.1) is 0 Å². The molecule has 0 aliphatic carbocycles. The first-order valence-corrected chi connectivity index (χ1v) is 5.49. The van der Waals surface area contributed by atoms with Gasteiger partial charge in [-0.05, 0) is 0 Å². The van der Waals surface area contributed by atoms with Gasteiger partial charge in [-0.3, -0.25) is 9.59 Å². The number of halogens is 1. The van der Waals surface area contributed by atoms with Gasteiger partial charge in [-0.25, -0.2) is 4.98 Å². The number of nitrogens with zero attached hydrogens (tertiary/aromatic N) is 2. The number of nitrogens with two attached hydrogens (primary N) is 1. The zero-order valence-corrected chi connectivity index (χ0v) is 9.70. The third-order valence-electron chi connectivity index (χ3n) is 2.62. The first-order chi connectivity index (χ1) is 8.11. The van der Waals surface area contributed by atoms with E-state index in [-0.39, 0.29) is 5.02 Å². The lowest BCUT2D eigenvalue weighted by molar-refractivity contribution is -0.119. The third-order valence-corrected chi connectivity index (χ3v) is 2.96. The fraction of sp³-hybridized carbons (Fsp3) is 0.444. The van der Waals surface area contributed by atoms with Crippen LogP contribution in [-0.2, 0) is 4.79 Å². The van der Waals surface area contributed by atoms with Crippen LogP contribution in [0, 0.1) is 0 Å². The summed E-state index contributed by atoms with van der Waals surface area (Å²) < 4.78 is 0. The van der Waals surface area contributed by atoms with Crippen molar-refractivity contribution < 1.29 is 4.79 Å². The first kappa shape index (κ1) is 11.9. The molecule has 0 saturated carbocycles. The molecule has 1 aromatic heterocycles. The number of hydrogen-bond donors (Lipinski definition) is 3. The predicted molar refractivity (Wildman–Crippen MR) is 63.1 cm³/mol. The van der Waals surface area contributed by atoms with E-state index in [2.05, 4.69) is 15.3 Å². The van der Waals surface area contributed by atoms with Crippen LogP contribution >= 0.6 is 11.6 Å². The molecule has 92 valence electrons. The van der Waals surface area contributed by atoms with Crippen molar-refractivity contribution in [1.29, 1.82) is 0 Å². The standard InChI is InChI=1S/C9H12ClN5O2/c10-6-8(13-4-14-9(6)17)15-2-1-12-3-5(15)7(11)16/h4-5,12H,1-3H2,(H2,11,16)(H,13,14,17). The van der Waals surface area contributed by atoms with E-state index in [1.54, 1.807) is 4.90 Å².